The van der Waals surface area contributed by atoms with Crippen LogP contribution in [0.3, 0.4) is 0 Å². The molecule has 2 atom stereocenters. The van der Waals surface area contributed by atoms with Crippen molar-refractivity contribution in [1.29, 1.82) is 0 Å². The Morgan fingerprint density at radius 3 is 2.50 bits per heavy atom. The van der Waals surface area contributed by atoms with E-state index in [9.17, 15) is 14.7 Å². The van der Waals surface area contributed by atoms with Crippen LogP contribution in [-0.2, 0) is 4.79 Å². The number of rotatable bonds is 4. The lowest BCUT2D eigenvalue weighted by atomic mass is 10.1. The molecule has 1 rings (SSSR count). The maximum absolute atomic E-state index is 11.9. The largest absolute Gasteiger partial charge is 0.480 e. The number of hydrogen-bond acceptors (Lipinski definition) is 3. The molecular weight excluding hydrogens is 302 g/mol. The number of aliphatic hydroxyl groups is 1. The molecule has 5 nitrogen and oxygen atoms in total. The van der Waals surface area contributed by atoms with Crippen LogP contribution in [0.1, 0.15) is 22.8 Å². The number of aryl methyl sites for hydroxylation is 1. The summed E-state index contributed by atoms with van der Waals surface area (Å²) >= 11 is 3.24. The Balaban J connectivity index is 2.94. The second-order valence-electron chi connectivity index (χ2n) is 3.99. The predicted octanol–water partition coefficient (Wildman–Crippen LogP) is 1.32. The number of carboxylic acids is 1. The lowest BCUT2D eigenvalue weighted by Gasteiger charge is -2.17. The maximum atomic E-state index is 11.9. The van der Waals surface area contributed by atoms with Gasteiger partial charge in [0.25, 0.3) is 5.91 Å². The second-order valence-corrected chi connectivity index (χ2v) is 4.90. The number of carbonyl (C=O) groups excluding carboxylic acids is 1. The first-order valence-corrected chi connectivity index (χ1v) is 6.10. The van der Waals surface area contributed by atoms with Crippen molar-refractivity contribution in [3.63, 3.8) is 0 Å². The van der Waals surface area contributed by atoms with E-state index in [4.69, 9.17) is 5.11 Å². The highest BCUT2D eigenvalue weighted by molar-refractivity contribution is 9.10. The third-order valence-electron chi connectivity index (χ3n) is 2.48. The van der Waals surface area contributed by atoms with Crippen LogP contribution in [0.15, 0.2) is 22.7 Å². The fraction of sp³-hybridized carbons (Fsp3) is 0.333. The van der Waals surface area contributed by atoms with E-state index in [0.29, 0.717) is 5.56 Å². The third kappa shape index (κ3) is 3.54. The van der Waals surface area contributed by atoms with Crippen molar-refractivity contribution < 1.29 is 19.8 Å². The summed E-state index contributed by atoms with van der Waals surface area (Å²) in [6.45, 7) is 3.06. The fourth-order valence-electron chi connectivity index (χ4n) is 1.45. The minimum Gasteiger partial charge on any atom is -0.480 e. The molecule has 0 aliphatic rings. The lowest BCUT2D eigenvalue weighted by molar-refractivity contribution is -0.141. The van der Waals surface area contributed by atoms with Crippen LogP contribution in [0.4, 0.5) is 0 Å². The number of benzene rings is 1. The fourth-order valence-corrected chi connectivity index (χ4v) is 1.81. The summed E-state index contributed by atoms with van der Waals surface area (Å²) in [5.41, 5.74) is 1.10. The van der Waals surface area contributed by atoms with Gasteiger partial charge in [-0.05, 0) is 31.5 Å². The Bertz CT molecular complexity index is 473. The number of aliphatic hydroxyl groups excluding tert-OH is 1. The highest BCUT2D eigenvalue weighted by Crippen LogP contribution is 2.16. The van der Waals surface area contributed by atoms with Gasteiger partial charge in [0.1, 0.15) is 0 Å². The van der Waals surface area contributed by atoms with Gasteiger partial charge in [0, 0.05) is 10.0 Å². The third-order valence-corrected chi connectivity index (χ3v) is 2.97. The lowest BCUT2D eigenvalue weighted by Crippen LogP contribution is -2.47. The van der Waals surface area contributed by atoms with Crippen LogP contribution in [-0.4, -0.2) is 34.2 Å². The highest BCUT2D eigenvalue weighted by Gasteiger charge is 2.25. The molecule has 98 valence electrons. The van der Waals surface area contributed by atoms with Crippen molar-refractivity contribution >= 4 is 27.8 Å². The van der Waals surface area contributed by atoms with E-state index in [1.807, 2.05) is 0 Å². The van der Waals surface area contributed by atoms with Crippen LogP contribution in [0.25, 0.3) is 0 Å². The Hall–Kier alpha value is -1.40. The van der Waals surface area contributed by atoms with Crippen LogP contribution in [0.5, 0.6) is 0 Å². The summed E-state index contributed by atoms with van der Waals surface area (Å²) < 4.78 is 0.724. The zero-order valence-electron chi connectivity index (χ0n) is 9.98. The molecule has 0 heterocycles. The molecule has 6 heteroatoms. The van der Waals surface area contributed by atoms with Crippen molar-refractivity contribution in [2.24, 2.45) is 0 Å². The summed E-state index contributed by atoms with van der Waals surface area (Å²) in [7, 11) is 0. The van der Waals surface area contributed by atoms with Gasteiger partial charge in [-0.15, -0.1) is 0 Å². The van der Waals surface area contributed by atoms with E-state index in [1.54, 1.807) is 25.1 Å². The number of hydrogen-bond donors (Lipinski definition) is 3. The minimum atomic E-state index is -1.32. The van der Waals surface area contributed by atoms with Gasteiger partial charge in [-0.1, -0.05) is 22.0 Å². The standard InChI is InChI=1S/C12H14BrNO4/c1-6-3-4-8(13)5-9(6)11(16)14-10(7(2)15)12(17)18/h3-5,7,10,15H,1-2H3,(H,14,16)(H,17,18). The quantitative estimate of drug-likeness (QED) is 0.782. The molecule has 0 saturated carbocycles. The molecule has 1 aromatic rings. The molecule has 18 heavy (non-hydrogen) atoms. The average molecular weight is 316 g/mol. The molecule has 2 unspecified atom stereocenters. The van der Waals surface area contributed by atoms with Gasteiger partial charge < -0.3 is 15.5 Å². The molecule has 0 radical (unpaired) electrons. The van der Waals surface area contributed by atoms with Gasteiger partial charge in [0.2, 0.25) is 0 Å². The molecule has 1 amide bonds. The highest BCUT2D eigenvalue weighted by atomic mass is 79.9. The smallest absolute Gasteiger partial charge is 0.328 e. The Morgan fingerprint density at radius 2 is 2.00 bits per heavy atom. The molecule has 0 fully saturated rings. The molecule has 0 bridgehead atoms. The summed E-state index contributed by atoms with van der Waals surface area (Å²) in [6.07, 6.45) is -1.17. The van der Waals surface area contributed by atoms with Crippen LogP contribution in [0.2, 0.25) is 0 Å². The van der Waals surface area contributed by atoms with E-state index in [1.165, 1.54) is 6.92 Å². The number of halogens is 1. The van der Waals surface area contributed by atoms with E-state index >= 15 is 0 Å². The summed E-state index contributed by atoms with van der Waals surface area (Å²) in [5.74, 6) is -1.80. The van der Waals surface area contributed by atoms with Crippen molar-refractivity contribution in [2.75, 3.05) is 0 Å². The Labute approximate surface area is 113 Å². The van der Waals surface area contributed by atoms with Gasteiger partial charge in [0.05, 0.1) is 6.10 Å². The predicted molar refractivity (Wildman–Crippen MR) is 69.4 cm³/mol. The minimum absolute atomic E-state index is 0.372. The summed E-state index contributed by atoms with van der Waals surface area (Å²) in [5, 5.41) is 20.5. The van der Waals surface area contributed by atoms with Crippen LogP contribution >= 0.6 is 15.9 Å². The van der Waals surface area contributed by atoms with Crippen molar-refractivity contribution in [1.82, 2.24) is 5.32 Å². The topological polar surface area (TPSA) is 86.6 Å². The van der Waals surface area contributed by atoms with E-state index in [0.717, 1.165) is 10.0 Å². The number of aliphatic carboxylic acids is 1. The second kappa shape index (κ2) is 5.97. The van der Waals surface area contributed by atoms with E-state index < -0.39 is 24.0 Å². The zero-order chi connectivity index (χ0) is 13.9. The van der Waals surface area contributed by atoms with Crippen molar-refractivity contribution in [3.8, 4) is 0 Å². The van der Waals surface area contributed by atoms with Gasteiger partial charge >= 0.3 is 5.97 Å². The number of carboxylic acid groups (broad SMARTS) is 1. The first kappa shape index (κ1) is 14.7. The van der Waals surface area contributed by atoms with Gasteiger partial charge in [-0.2, -0.15) is 0 Å². The molecule has 3 N–H and O–H groups in total. The molecule has 0 saturated heterocycles. The Morgan fingerprint density at radius 1 is 1.39 bits per heavy atom. The monoisotopic (exact) mass is 315 g/mol. The molecule has 0 aliphatic heterocycles. The number of nitrogens with one attached hydrogen (secondary N) is 1. The molecule has 0 aromatic heterocycles. The van der Waals surface area contributed by atoms with Crippen LogP contribution in [0, 0.1) is 6.92 Å². The average Bonchev–Trinajstić information content (AvgIpc) is 2.28. The SMILES string of the molecule is Cc1ccc(Br)cc1C(=O)NC(C(=O)O)C(C)O. The molecular formula is C12H14BrNO4. The van der Waals surface area contributed by atoms with Crippen LogP contribution < -0.4 is 5.32 Å². The van der Waals surface area contributed by atoms with Crippen molar-refractivity contribution in [3.05, 3.63) is 33.8 Å². The summed E-state index contributed by atoms with van der Waals surface area (Å²) in [4.78, 5) is 22.8. The van der Waals surface area contributed by atoms with Crippen molar-refractivity contribution in [2.45, 2.75) is 26.0 Å². The van der Waals surface area contributed by atoms with E-state index in [2.05, 4.69) is 21.2 Å². The first-order valence-electron chi connectivity index (χ1n) is 5.31. The normalized spacial score (nSPS) is 13.8. The number of amides is 1. The first-order chi connectivity index (χ1) is 8.32. The maximum Gasteiger partial charge on any atom is 0.328 e. The Kier molecular flexibility index (Phi) is 4.86. The molecule has 0 aliphatic carbocycles. The van der Waals surface area contributed by atoms with Gasteiger partial charge in [-0.3, -0.25) is 4.79 Å². The van der Waals surface area contributed by atoms with E-state index in [-0.39, 0.29) is 0 Å². The molecule has 1 aromatic carbocycles. The summed E-state index contributed by atoms with van der Waals surface area (Å²) in [6, 6.07) is 3.81. The zero-order valence-corrected chi connectivity index (χ0v) is 11.6. The number of carbonyl (C=O) groups is 2. The van der Waals surface area contributed by atoms with Gasteiger partial charge in [-0.25, -0.2) is 4.79 Å². The van der Waals surface area contributed by atoms with Gasteiger partial charge in [0.15, 0.2) is 6.04 Å². The molecule has 0 spiro atoms.